The van der Waals surface area contributed by atoms with Gasteiger partial charge in [-0.05, 0) is 30.5 Å². The molecule has 1 atom stereocenters. The average Bonchev–Trinajstić information content (AvgIpc) is 3.03. The zero-order valence-corrected chi connectivity index (χ0v) is 15.3. The molecule has 1 unspecified atom stereocenters. The number of ether oxygens (including phenoxy) is 1. The Morgan fingerprint density at radius 2 is 2.12 bits per heavy atom. The fourth-order valence-electron chi connectivity index (χ4n) is 2.44. The molecule has 0 bridgehead atoms. The monoisotopic (exact) mass is 355 g/mol. The van der Waals surface area contributed by atoms with E-state index in [2.05, 4.69) is 34.1 Å². The molecule has 25 heavy (non-hydrogen) atoms. The number of nitrogens with one attached hydrogen (secondary N) is 1. The van der Waals surface area contributed by atoms with Crippen molar-refractivity contribution in [3.63, 3.8) is 0 Å². The molecule has 0 saturated carbocycles. The SMILES string of the molecule is CCC(C)c1nc(N)sc1-c1ccnc(Nc2cccc(OC)c2)n1. The van der Waals surface area contributed by atoms with Crippen LogP contribution in [0.2, 0.25) is 0 Å². The molecule has 0 saturated heterocycles. The van der Waals surface area contributed by atoms with Crippen LogP contribution in [-0.4, -0.2) is 22.1 Å². The lowest BCUT2D eigenvalue weighted by atomic mass is 10.0. The molecule has 0 spiro atoms. The van der Waals surface area contributed by atoms with Gasteiger partial charge >= 0.3 is 0 Å². The van der Waals surface area contributed by atoms with Gasteiger partial charge in [0.25, 0.3) is 0 Å². The zero-order valence-electron chi connectivity index (χ0n) is 14.5. The Kier molecular flexibility index (Phi) is 5.14. The largest absolute Gasteiger partial charge is 0.497 e. The number of nitrogen functional groups attached to an aromatic ring is 1. The van der Waals surface area contributed by atoms with Crippen molar-refractivity contribution in [3.05, 3.63) is 42.2 Å². The summed E-state index contributed by atoms with van der Waals surface area (Å²) in [4.78, 5) is 14.4. The first-order valence-electron chi connectivity index (χ1n) is 8.11. The van der Waals surface area contributed by atoms with Crippen LogP contribution in [0.5, 0.6) is 5.75 Å². The van der Waals surface area contributed by atoms with Crippen LogP contribution < -0.4 is 15.8 Å². The Hall–Kier alpha value is -2.67. The maximum absolute atomic E-state index is 5.94. The van der Waals surface area contributed by atoms with E-state index in [0.717, 1.165) is 34.1 Å². The number of anilines is 3. The number of nitrogens with two attached hydrogens (primary N) is 1. The molecule has 130 valence electrons. The van der Waals surface area contributed by atoms with Gasteiger partial charge in [0.05, 0.1) is 23.4 Å². The quantitative estimate of drug-likeness (QED) is 0.679. The second kappa shape index (κ2) is 7.48. The van der Waals surface area contributed by atoms with E-state index in [4.69, 9.17) is 10.5 Å². The van der Waals surface area contributed by atoms with E-state index >= 15 is 0 Å². The molecule has 1 aromatic carbocycles. The molecule has 3 aromatic rings. The minimum atomic E-state index is 0.327. The number of rotatable bonds is 6. The van der Waals surface area contributed by atoms with Gasteiger partial charge in [0.1, 0.15) is 5.75 Å². The number of hydrogen-bond acceptors (Lipinski definition) is 7. The fraction of sp³-hybridized carbons (Fsp3) is 0.278. The second-order valence-electron chi connectivity index (χ2n) is 5.70. The molecule has 7 heteroatoms. The second-order valence-corrected chi connectivity index (χ2v) is 6.73. The lowest BCUT2D eigenvalue weighted by Crippen LogP contribution is -2.00. The van der Waals surface area contributed by atoms with Crippen molar-refractivity contribution in [3.8, 4) is 16.3 Å². The van der Waals surface area contributed by atoms with Gasteiger partial charge in [-0.2, -0.15) is 0 Å². The summed E-state index contributed by atoms with van der Waals surface area (Å²) >= 11 is 1.46. The summed E-state index contributed by atoms with van der Waals surface area (Å²) in [6, 6.07) is 9.52. The predicted octanol–water partition coefficient (Wildman–Crippen LogP) is 4.45. The number of benzene rings is 1. The van der Waals surface area contributed by atoms with Gasteiger partial charge in [-0.3, -0.25) is 0 Å². The number of aromatic nitrogens is 3. The number of methoxy groups -OCH3 is 1. The van der Waals surface area contributed by atoms with Gasteiger partial charge in [-0.15, -0.1) is 0 Å². The molecule has 0 aliphatic carbocycles. The molecular weight excluding hydrogens is 334 g/mol. The molecule has 0 radical (unpaired) electrons. The smallest absolute Gasteiger partial charge is 0.227 e. The Labute approximate surface area is 151 Å². The van der Waals surface area contributed by atoms with Crippen molar-refractivity contribution in [1.82, 2.24) is 15.0 Å². The highest BCUT2D eigenvalue weighted by Gasteiger charge is 2.18. The van der Waals surface area contributed by atoms with Crippen molar-refractivity contribution in [2.45, 2.75) is 26.2 Å². The Morgan fingerprint density at radius 3 is 2.88 bits per heavy atom. The van der Waals surface area contributed by atoms with Crippen LogP contribution in [0.15, 0.2) is 36.5 Å². The topological polar surface area (TPSA) is 86.0 Å². The lowest BCUT2D eigenvalue weighted by molar-refractivity contribution is 0.415. The van der Waals surface area contributed by atoms with E-state index in [-0.39, 0.29) is 0 Å². The van der Waals surface area contributed by atoms with Crippen LogP contribution in [0, 0.1) is 0 Å². The number of thiazole rings is 1. The van der Waals surface area contributed by atoms with Crippen LogP contribution in [0.3, 0.4) is 0 Å². The average molecular weight is 355 g/mol. The first-order valence-corrected chi connectivity index (χ1v) is 8.93. The van der Waals surface area contributed by atoms with Crippen molar-refractivity contribution < 1.29 is 4.74 Å². The summed E-state index contributed by atoms with van der Waals surface area (Å²) in [5.74, 6) is 1.62. The van der Waals surface area contributed by atoms with Gasteiger partial charge in [-0.25, -0.2) is 15.0 Å². The van der Waals surface area contributed by atoms with E-state index in [1.54, 1.807) is 13.3 Å². The molecule has 0 fully saturated rings. The summed E-state index contributed by atoms with van der Waals surface area (Å²) < 4.78 is 5.24. The minimum Gasteiger partial charge on any atom is -0.497 e. The molecule has 0 amide bonds. The minimum absolute atomic E-state index is 0.327. The Bertz CT molecular complexity index is 864. The van der Waals surface area contributed by atoms with Crippen molar-refractivity contribution in [2.75, 3.05) is 18.2 Å². The third-order valence-electron chi connectivity index (χ3n) is 3.96. The third-order valence-corrected chi connectivity index (χ3v) is 4.89. The number of hydrogen-bond donors (Lipinski definition) is 2. The molecule has 0 aliphatic rings. The summed E-state index contributed by atoms with van der Waals surface area (Å²) in [5.41, 5.74) is 8.62. The van der Waals surface area contributed by atoms with Crippen LogP contribution in [0.4, 0.5) is 16.8 Å². The molecule has 3 rings (SSSR count). The first-order chi connectivity index (χ1) is 12.1. The third kappa shape index (κ3) is 3.88. The van der Waals surface area contributed by atoms with Crippen molar-refractivity contribution >= 4 is 28.1 Å². The zero-order chi connectivity index (χ0) is 17.8. The van der Waals surface area contributed by atoms with E-state index in [1.165, 1.54) is 11.3 Å². The van der Waals surface area contributed by atoms with Gasteiger partial charge in [-0.1, -0.05) is 31.3 Å². The number of nitrogens with zero attached hydrogens (tertiary/aromatic N) is 3. The highest BCUT2D eigenvalue weighted by molar-refractivity contribution is 7.18. The molecule has 3 N–H and O–H groups in total. The van der Waals surface area contributed by atoms with Crippen LogP contribution >= 0.6 is 11.3 Å². The first kappa shape index (κ1) is 17.2. The van der Waals surface area contributed by atoms with Crippen molar-refractivity contribution in [1.29, 1.82) is 0 Å². The van der Waals surface area contributed by atoms with Gasteiger partial charge in [0.15, 0.2) is 5.13 Å². The molecular formula is C18H21N5OS. The Morgan fingerprint density at radius 1 is 1.28 bits per heavy atom. The highest BCUT2D eigenvalue weighted by atomic mass is 32.1. The van der Waals surface area contributed by atoms with Gasteiger partial charge < -0.3 is 15.8 Å². The van der Waals surface area contributed by atoms with Gasteiger partial charge in [0.2, 0.25) is 5.95 Å². The summed E-state index contributed by atoms with van der Waals surface area (Å²) in [5, 5.41) is 3.77. The molecule has 2 heterocycles. The molecule has 2 aromatic heterocycles. The van der Waals surface area contributed by atoms with Crippen LogP contribution in [0.25, 0.3) is 10.6 Å². The molecule has 0 aliphatic heterocycles. The van der Waals surface area contributed by atoms with E-state index in [1.807, 2.05) is 30.3 Å². The highest BCUT2D eigenvalue weighted by Crippen LogP contribution is 2.36. The normalized spacial score (nSPS) is 12.0. The van der Waals surface area contributed by atoms with E-state index < -0.39 is 0 Å². The summed E-state index contributed by atoms with van der Waals surface area (Å²) in [6.45, 7) is 4.29. The maximum Gasteiger partial charge on any atom is 0.227 e. The standard InChI is InChI=1S/C18H21N5OS/c1-4-11(2)15-16(25-17(19)23-15)14-8-9-20-18(22-14)21-12-6-5-7-13(10-12)24-3/h5-11H,4H2,1-3H3,(H2,19,23)(H,20,21,22). The summed E-state index contributed by atoms with van der Waals surface area (Å²) in [6.07, 6.45) is 2.73. The van der Waals surface area contributed by atoms with E-state index in [9.17, 15) is 0 Å². The van der Waals surface area contributed by atoms with E-state index in [0.29, 0.717) is 17.0 Å². The Balaban J connectivity index is 1.92. The van der Waals surface area contributed by atoms with Crippen molar-refractivity contribution in [2.24, 2.45) is 0 Å². The maximum atomic E-state index is 5.94. The predicted molar refractivity (Wildman–Crippen MR) is 103 cm³/mol. The fourth-order valence-corrected chi connectivity index (χ4v) is 3.36. The summed E-state index contributed by atoms with van der Waals surface area (Å²) in [7, 11) is 1.64. The van der Waals surface area contributed by atoms with Crippen LogP contribution in [0.1, 0.15) is 31.9 Å². The van der Waals surface area contributed by atoms with Crippen LogP contribution in [-0.2, 0) is 0 Å². The molecule has 6 nitrogen and oxygen atoms in total. The lowest BCUT2D eigenvalue weighted by Gasteiger charge is -2.10. The van der Waals surface area contributed by atoms with Gasteiger partial charge in [0, 0.05) is 18.0 Å².